The summed E-state index contributed by atoms with van der Waals surface area (Å²) < 4.78 is 40.0. The van der Waals surface area contributed by atoms with E-state index in [0.29, 0.717) is 12.6 Å². The molecule has 2 fully saturated rings. The monoisotopic (exact) mass is 432 g/mol. The van der Waals surface area contributed by atoms with Crippen molar-refractivity contribution in [1.82, 2.24) is 14.7 Å². The Bertz CT molecular complexity index is 1000. The predicted octanol–water partition coefficient (Wildman–Crippen LogP) is 2.01. The topological polar surface area (TPSA) is 102 Å². The van der Waals surface area contributed by atoms with Crippen LogP contribution in [0.4, 0.5) is 5.95 Å². The summed E-state index contributed by atoms with van der Waals surface area (Å²) >= 11 is 0. The van der Waals surface area contributed by atoms with Gasteiger partial charge in [0.25, 0.3) is 0 Å². The maximum absolute atomic E-state index is 12.7. The number of ether oxygens (including phenoxy) is 2. The molecule has 30 heavy (non-hydrogen) atoms. The SMILES string of the molecule is Cc1ccc(S(=O)(=O)NC2COC3C(Nc4nccc(C(C)(C)C)n4)COC23)cc1. The first-order valence-corrected chi connectivity index (χ1v) is 11.5. The van der Waals surface area contributed by atoms with E-state index in [0.717, 1.165) is 11.3 Å². The zero-order chi connectivity index (χ0) is 21.5. The number of hydrogen-bond acceptors (Lipinski definition) is 7. The van der Waals surface area contributed by atoms with E-state index < -0.39 is 16.1 Å². The highest BCUT2D eigenvalue weighted by atomic mass is 32.2. The number of rotatable bonds is 5. The Hall–Kier alpha value is -2.07. The number of aryl methyl sites for hydroxylation is 1. The molecular weight excluding hydrogens is 404 g/mol. The third kappa shape index (κ3) is 4.34. The van der Waals surface area contributed by atoms with Crippen LogP contribution in [0.1, 0.15) is 32.0 Å². The van der Waals surface area contributed by atoms with Gasteiger partial charge in [0.05, 0.1) is 35.9 Å². The van der Waals surface area contributed by atoms with Gasteiger partial charge in [0.2, 0.25) is 16.0 Å². The van der Waals surface area contributed by atoms with Gasteiger partial charge >= 0.3 is 0 Å². The molecule has 1 aromatic heterocycles. The van der Waals surface area contributed by atoms with Gasteiger partial charge in [-0.15, -0.1) is 0 Å². The number of sulfonamides is 1. The van der Waals surface area contributed by atoms with Gasteiger partial charge < -0.3 is 14.8 Å². The molecule has 4 atom stereocenters. The van der Waals surface area contributed by atoms with Gasteiger partial charge in [-0.25, -0.2) is 23.1 Å². The van der Waals surface area contributed by atoms with Crippen molar-refractivity contribution >= 4 is 16.0 Å². The van der Waals surface area contributed by atoms with Gasteiger partial charge in [-0.1, -0.05) is 38.5 Å². The van der Waals surface area contributed by atoms with Crippen LogP contribution < -0.4 is 10.0 Å². The van der Waals surface area contributed by atoms with Crippen molar-refractivity contribution < 1.29 is 17.9 Å². The minimum Gasteiger partial charge on any atom is -0.371 e. The minimum absolute atomic E-state index is 0.0860. The molecule has 2 aliphatic rings. The molecule has 0 aliphatic carbocycles. The lowest BCUT2D eigenvalue weighted by atomic mass is 9.92. The highest BCUT2D eigenvalue weighted by molar-refractivity contribution is 7.89. The minimum atomic E-state index is -3.65. The zero-order valence-corrected chi connectivity index (χ0v) is 18.4. The van der Waals surface area contributed by atoms with Crippen molar-refractivity contribution in [2.24, 2.45) is 0 Å². The quantitative estimate of drug-likeness (QED) is 0.745. The van der Waals surface area contributed by atoms with Crippen LogP contribution in [0, 0.1) is 6.92 Å². The van der Waals surface area contributed by atoms with Crippen molar-refractivity contribution in [3.05, 3.63) is 47.8 Å². The Balaban J connectivity index is 1.43. The second kappa shape index (κ2) is 7.88. The first kappa shape index (κ1) is 21.2. The fourth-order valence-corrected chi connectivity index (χ4v) is 4.95. The first-order chi connectivity index (χ1) is 14.1. The number of anilines is 1. The molecule has 2 aliphatic heterocycles. The molecule has 0 spiro atoms. The molecule has 2 aromatic rings. The van der Waals surface area contributed by atoms with E-state index in [4.69, 9.17) is 9.47 Å². The van der Waals surface area contributed by atoms with Crippen LogP contribution in [-0.4, -0.2) is 55.9 Å². The van der Waals surface area contributed by atoms with Crippen molar-refractivity contribution in [1.29, 1.82) is 0 Å². The van der Waals surface area contributed by atoms with Crippen LogP contribution >= 0.6 is 0 Å². The van der Waals surface area contributed by atoms with Gasteiger partial charge in [-0.05, 0) is 25.1 Å². The van der Waals surface area contributed by atoms with Crippen LogP contribution in [0.3, 0.4) is 0 Å². The first-order valence-electron chi connectivity index (χ1n) is 10.1. The molecule has 0 bridgehead atoms. The lowest BCUT2D eigenvalue weighted by molar-refractivity contribution is 0.0690. The number of fused-ring (bicyclic) bond motifs is 1. The lowest BCUT2D eigenvalue weighted by Crippen LogP contribution is -2.44. The van der Waals surface area contributed by atoms with Crippen LogP contribution in [0.15, 0.2) is 41.4 Å². The Morgan fingerprint density at radius 1 is 1.00 bits per heavy atom. The zero-order valence-electron chi connectivity index (χ0n) is 17.6. The lowest BCUT2D eigenvalue weighted by Gasteiger charge is -2.21. The average Bonchev–Trinajstić information content (AvgIpc) is 3.25. The normalized spacial score (nSPS) is 26.5. The van der Waals surface area contributed by atoms with Gasteiger partial charge in [0.1, 0.15) is 12.2 Å². The molecule has 0 radical (unpaired) electrons. The smallest absolute Gasteiger partial charge is 0.240 e. The Kier molecular flexibility index (Phi) is 5.56. The standard InChI is InChI=1S/C21H28N4O4S/c1-13-5-7-14(8-6-13)30(26,27)25-16-12-29-18-15(11-28-19(16)18)23-20-22-10-9-17(24-20)21(2,3)4/h5-10,15-16,18-19,25H,11-12H2,1-4H3,(H,22,23,24). The van der Waals surface area contributed by atoms with E-state index >= 15 is 0 Å². The molecule has 4 unspecified atom stereocenters. The van der Waals surface area contributed by atoms with Crippen LogP contribution in [0.5, 0.6) is 0 Å². The number of nitrogens with zero attached hydrogens (tertiary/aromatic N) is 2. The number of hydrogen-bond donors (Lipinski definition) is 2. The molecular formula is C21H28N4O4S. The third-order valence-electron chi connectivity index (χ3n) is 5.43. The van der Waals surface area contributed by atoms with Crippen molar-refractivity contribution in [3.63, 3.8) is 0 Å². The van der Waals surface area contributed by atoms with Crippen LogP contribution in [0.25, 0.3) is 0 Å². The van der Waals surface area contributed by atoms with Crippen molar-refractivity contribution in [2.75, 3.05) is 18.5 Å². The summed E-state index contributed by atoms with van der Waals surface area (Å²) in [7, 11) is -3.65. The molecule has 4 rings (SSSR count). The molecule has 2 N–H and O–H groups in total. The molecule has 0 amide bonds. The van der Waals surface area contributed by atoms with E-state index in [2.05, 4.69) is 40.8 Å². The van der Waals surface area contributed by atoms with Crippen LogP contribution in [-0.2, 0) is 24.9 Å². The van der Waals surface area contributed by atoms with E-state index in [1.165, 1.54) is 0 Å². The van der Waals surface area contributed by atoms with E-state index in [9.17, 15) is 8.42 Å². The maximum Gasteiger partial charge on any atom is 0.240 e. The van der Waals surface area contributed by atoms with Crippen molar-refractivity contribution in [3.8, 4) is 0 Å². The Labute approximate surface area is 177 Å². The van der Waals surface area contributed by atoms with E-state index in [1.807, 2.05) is 13.0 Å². The highest BCUT2D eigenvalue weighted by Crippen LogP contribution is 2.30. The predicted molar refractivity (Wildman–Crippen MR) is 113 cm³/mol. The van der Waals surface area contributed by atoms with Gasteiger partial charge in [0.15, 0.2) is 0 Å². The van der Waals surface area contributed by atoms with E-state index in [1.54, 1.807) is 30.5 Å². The molecule has 1 aromatic carbocycles. The summed E-state index contributed by atoms with van der Waals surface area (Å²) in [6, 6.07) is 8.06. The second-order valence-electron chi connectivity index (χ2n) is 8.90. The highest BCUT2D eigenvalue weighted by Gasteiger charge is 2.49. The number of aromatic nitrogens is 2. The largest absolute Gasteiger partial charge is 0.371 e. The summed E-state index contributed by atoms with van der Waals surface area (Å²) in [6.45, 7) is 8.85. The van der Waals surface area contributed by atoms with E-state index in [-0.39, 0.29) is 35.2 Å². The van der Waals surface area contributed by atoms with Gasteiger partial charge in [-0.3, -0.25) is 0 Å². The molecule has 2 saturated heterocycles. The van der Waals surface area contributed by atoms with Crippen LogP contribution in [0.2, 0.25) is 0 Å². The number of benzene rings is 1. The third-order valence-corrected chi connectivity index (χ3v) is 6.94. The fraction of sp³-hybridized carbons (Fsp3) is 0.524. The summed E-state index contributed by atoms with van der Waals surface area (Å²) in [6.07, 6.45) is 1.09. The molecule has 162 valence electrons. The fourth-order valence-electron chi connectivity index (χ4n) is 3.72. The molecule has 9 heteroatoms. The molecule has 3 heterocycles. The second-order valence-corrected chi connectivity index (χ2v) is 10.6. The average molecular weight is 433 g/mol. The maximum atomic E-state index is 12.7. The van der Waals surface area contributed by atoms with Crippen molar-refractivity contribution in [2.45, 2.75) is 62.3 Å². The summed E-state index contributed by atoms with van der Waals surface area (Å²) in [4.78, 5) is 9.15. The summed E-state index contributed by atoms with van der Waals surface area (Å²) in [5.41, 5.74) is 1.85. The van der Waals surface area contributed by atoms with Gasteiger partial charge in [-0.2, -0.15) is 0 Å². The number of nitrogens with one attached hydrogen (secondary N) is 2. The molecule has 8 nitrogen and oxygen atoms in total. The summed E-state index contributed by atoms with van der Waals surface area (Å²) in [5, 5.41) is 3.30. The van der Waals surface area contributed by atoms with Gasteiger partial charge in [0, 0.05) is 11.6 Å². The Morgan fingerprint density at radius 3 is 2.30 bits per heavy atom. The summed E-state index contributed by atoms with van der Waals surface area (Å²) in [5.74, 6) is 0.518. The Morgan fingerprint density at radius 2 is 1.63 bits per heavy atom. The molecule has 0 saturated carbocycles.